The Bertz CT molecular complexity index is 1070. The van der Waals surface area contributed by atoms with Gasteiger partial charge in [-0.05, 0) is 38.5 Å². The van der Waals surface area contributed by atoms with Gasteiger partial charge in [0.2, 0.25) is 0 Å². The Morgan fingerprint density at radius 3 is 2.66 bits per heavy atom. The van der Waals surface area contributed by atoms with Crippen molar-refractivity contribution < 1.29 is 9.66 Å². The number of hydrogen-bond donors (Lipinski definition) is 1. The fraction of sp³-hybridized carbons (Fsp3) is 0.227. The third-order valence-corrected chi connectivity index (χ3v) is 4.87. The summed E-state index contributed by atoms with van der Waals surface area (Å²) in [6.07, 6.45) is 1.76. The van der Waals surface area contributed by atoms with Crippen LogP contribution in [0.4, 0.5) is 5.69 Å². The van der Waals surface area contributed by atoms with Crippen LogP contribution in [0.25, 0.3) is 5.69 Å². The average Bonchev–Trinajstić information content (AvgIpc) is 2.99. The first-order chi connectivity index (χ1) is 13.9. The monoisotopic (exact) mass is 392 g/mol. The highest BCUT2D eigenvalue weighted by molar-refractivity contribution is 5.82. The molecule has 3 aromatic rings. The number of benzene rings is 2. The van der Waals surface area contributed by atoms with Crippen LogP contribution in [0.5, 0.6) is 5.75 Å². The van der Waals surface area contributed by atoms with E-state index >= 15 is 0 Å². The first kappa shape index (κ1) is 20.1. The van der Waals surface area contributed by atoms with Crippen molar-refractivity contribution in [2.75, 3.05) is 7.11 Å². The van der Waals surface area contributed by atoms with Crippen molar-refractivity contribution in [1.82, 2.24) is 9.99 Å². The van der Waals surface area contributed by atoms with E-state index in [0.717, 1.165) is 39.5 Å². The minimum absolute atomic E-state index is 0.0757. The molecule has 0 aliphatic carbocycles. The van der Waals surface area contributed by atoms with Gasteiger partial charge in [-0.1, -0.05) is 24.3 Å². The van der Waals surface area contributed by atoms with Crippen molar-refractivity contribution in [2.45, 2.75) is 27.3 Å². The molecule has 1 N–H and O–H groups in total. The average molecular weight is 392 g/mol. The Labute approximate surface area is 169 Å². The molecule has 0 bridgehead atoms. The van der Waals surface area contributed by atoms with Crippen LogP contribution in [0.2, 0.25) is 0 Å². The number of non-ortho nitro benzene ring substituents is 1. The summed E-state index contributed by atoms with van der Waals surface area (Å²) in [7, 11) is 1.65. The summed E-state index contributed by atoms with van der Waals surface area (Å²) < 4.78 is 7.36. The number of para-hydroxylation sites is 1. The molecule has 0 spiro atoms. The number of hydrazone groups is 1. The van der Waals surface area contributed by atoms with Crippen molar-refractivity contribution in [3.05, 3.63) is 86.7 Å². The zero-order valence-corrected chi connectivity index (χ0v) is 17.0. The Morgan fingerprint density at radius 2 is 1.93 bits per heavy atom. The minimum Gasteiger partial charge on any atom is -0.496 e. The van der Waals surface area contributed by atoms with Crippen LogP contribution in [0.1, 0.15) is 28.1 Å². The molecule has 1 heterocycles. The van der Waals surface area contributed by atoms with Crippen LogP contribution < -0.4 is 10.2 Å². The van der Waals surface area contributed by atoms with Gasteiger partial charge in [0.1, 0.15) is 5.75 Å². The van der Waals surface area contributed by atoms with Gasteiger partial charge in [0.05, 0.1) is 30.5 Å². The Morgan fingerprint density at radius 1 is 1.17 bits per heavy atom. The molecule has 2 aromatic carbocycles. The van der Waals surface area contributed by atoms with Crippen LogP contribution >= 0.6 is 0 Å². The van der Waals surface area contributed by atoms with Crippen molar-refractivity contribution in [1.29, 1.82) is 0 Å². The molecule has 7 nitrogen and oxygen atoms in total. The zero-order valence-electron chi connectivity index (χ0n) is 17.0. The predicted molar refractivity (Wildman–Crippen MR) is 114 cm³/mol. The molecule has 0 radical (unpaired) electrons. The summed E-state index contributed by atoms with van der Waals surface area (Å²) in [5, 5.41) is 15.5. The molecule has 0 saturated carbocycles. The quantitative estimate of drug-likeness (QED) is 0.366. The molecule has 7 heteroatoms. The second-order valence-corrected chi connectivity index (χ2v) is 6.79. The van der Waals surface area contributed by atoms with Crippen molar-refractivity contribution in [3.8, 4) is 11.4 Å². The molecule has 0 aliphatic rings. The summed E-state index contributed by atoms with van der Waals surface area (Å²) in [6, 6.07) is 14.7. The van der Waals surface area contributed by atoms with Gasteiger partial charge in [0.15, 0.2) is 0 Å². The maximum absolute atomic E-state index is 11.2. The molecular formula is C22H24N4O3. The van der Waals surface area contributed by atoms with E-state index < -0.39 is 0 Å². The van der Waals surface area contributed by atoms with Crippen LogP contribution in [0, 0.1) is 30.9 Å². The standard InChI is InChI=1S/C22H24N4O3/c1-15-9-10-20(26(27)28)12-21(15)25-16(2)11-19(17(25)3)14-24-23-13-18-7-5-6-8-22(18)29-4/h5-12,14,23H,13H2,1-4H3/b24-14+. The van der Waals surface area contributed by atoms with E-state index in [1.165, 1.54) is 6.07 Å². The van der Waals surface area contributed by atoms with Gasteiger partial charge in [-0.3, -0.25) is 10.1 Å². The fourth-order valence-corrected chi connectivity index (χ4v) is 3.34. The molecule has 0 unspecified atom stereocenters. The molecule has 0 aliphatic heterocycles. The molecule has 29 heavy (non-hydrogen) atoms. The smallest absolute Gasteiger partial charge is 0.271 e. The lowest BCUT2D eigenvalue weighted by Crippen LogP contribution is -2.07. The van der Waals surface area contributed by atoms with Gasteiger partial charge < -0.3 is 14.7 Å². The van der Waals surface area contributed by atoms with Gasteiger partial charge >= 0.3 is 0 Å². The van der Waals surface area contributed by atoms with Crippen molar-refractivity contribution in [3.63, 3.8) is 0 Å². The lowest BCUT2D eigenvalue weighted by molar-refractivity contribution is -0.384. The summed E-state index contributed by atoms with van der Waals surface area (Å²) in [6.45, 7) is 6.45. The number of hydrogen-bond acceptors (Lipinski definition) is 5. The lowest BCUT2D eigenvalue weighted by atomic mass is 10.1. The van der Waals surface area contributed by atoms with Crippen molar-refractivity contribution in [2.24, 2.45) is 5.10 Å². The van der Waals surface area contributed by atoms with Crippen LogP contribution in [-0.4, -0.2) is 22.8 Å². The Balaban J connectivity index is 1.82. The van der Waals surface area contributed by atoms with Gasteiger partial charge in [0.25, 0.3) is 5.69 Å². The summed E-state index contributed by atoms with van der Waals surface area (Å²) in [5.74, 6) is 0.814. The molecule has 1 aromatic heterocycles. The molecule has 0 fully saturated rings. The van der Waals surface area contributed by atoms with Crippen LogP contribution in [-0.2, 0) is 6.54 Å². The second kappa shape index (κ2) is 8.60. The SMILES string of the molecule is COc1ccccc1CN/N=C/c1cc(C)n(-c2cc([N+](=O)[O-])ccc2C)c1C. The number of methoxy groups -OCH3 is 1. The van der Waals surface area contributed by atoms with Gasteiger partial charge in [-0.2, -0.15) is 5.10 Å². The minimum atomic E-state index is -0.374. The lowest BCUT2D eigenvalue weighted by Gasteiger charge is -2.12. The fourth-order valence-electron chi connectivity index (χ4n) is 3.34. The predicted octanol–water partition coefficient (Wildman–Crippen LogP) is 4.44. The first-order valence-corrected chi connectivity index (χ1v) is 9.24. The van der Waals surface area contributed by atoms with E-state index in [0.29, 0.717) is 6.54 Å². The summed E-state index contributed by atoms with van der Waals surface area (Å²) in [4.78, 5) is 10.8. The number of ether oxygens (including phenoxy) is 1. The van der Waals surface area contributed by atoms with Crippen molar-refractivity contribution >= 4 is 11.9 Å². The second-order valence-electron chi connectivity index (χ2n) is 6.79. The number of rotatable bonds is 7. The Hall–Kier alpha value is -3.61. The number of nitrogens with zero attached hydrogens (tertiary/aromatic N) is 3. The molecule has 0 saturated heterocycles. The maximum atomic E-state index is 11.2. The van der Waals surface area contributed by atoms with E-state index in [1.54, 1.807) is 25.5 Å². The molecule has 0 atom stereocenters. The molecule has 0 amide bonds. The van der Waals surface area contributed by atoms with E-state index in [2.05, 4.69) is 10.5 Å². The van der Waals surface area contributed by atoms with E-state index in [4.69, 9.17) is 4.74 Å². The highest BCUT2D eigenvalue weighted by atomic mass is 16.6. The van der Waals surface area contributed by atoms with E-state index in [-0.39, 0.29) is 10.6 Å². The van der Waals surface area contributed by atoms with Crippen LogP contribution in [0.15, 0.2) is 53.6 Å². The summed E-state index contributed by atoms with van der Waals surface area (Å²) >= 11 is 0. The molecule has 150 valence electrons. The van der Waals surface area contributed by atoms with E-state index in [9.17, 15) is 10.1 Å². The number of nitrogens with one attached hydrogen (secondary N) is 1. The highest BCUT2D eigenvalue weighted by Gasteiger charge is 2.15. The summed E-state index contributed by atoms with van der Waals surface area (Å²) in [5.41, 5.74) is 8.81. The number of aryl methyl sites for hydroxylation is 2. The highest BCUT2D eigenvalue weighted by Crippen LogP contribution is 2.26. The van der Waals surface area contributed by atoms with Gasteiger partial charge in [-0.15, -0.1) is 0 Å². The number of nitro groups is 1. The third kappa shape index (κ3) is 4.29. The largest absolute Gasteiger partial charge is 0.496 e. The number of nitro benzene ring substituents is 1. The molecular weight excluding hydrogens is 368 g/mol. The third-order valence-electron chi connectivity index (χ3n) is 4.87. The molecule has 3 rings (SSSR count). The topological polar surface area (TPSA) is 81.7 Å². The van der Waals surface area contributed by atoms with Crippen LogP contribution in [0.3, 0.4) is 0 Å². The Kier molecular flexibility index (Phi) is 5.97. The van der Waals surface area contributed by atoms with E-state index in [1.807, 2.05) is 55.7 Å². The van der Waals surface area contributed by atoms with Gasteiger partial charge in [-0.25, -0.2) is 0 Å². The first-order valence-electron chi connectivity index (χ1n) is 9.24. The number of aromatic nitrogens is 1. The van der Waals surface area contributed by atoms with Gasteiger partial charge in [0, 0.05) is 34.6 Å². The zero-order chi connectivity index (χ0) is 21.0. The normalized spacial score (nSPS) is 11.0. The maximum Gasteiger partial charge on any atom is 0.271 e.